The molecule has 0 aliphatic heterocycles. The van der Waals surface area contributed by atoms with Gasteiger partial charge in [-0.1, -0.05) is 31.0 Å². The highest BCUT2D eigenvalue weighted by Crippen LogP contribution is 2.21. The Balaban J connectivity index is 1.60. The number of hydrogen-bond acceptors (Lipinski definition) is 3. The molecule has 1 unspecified atom stereocenters. The summed E-state index contributed by atoms with van der Waals surface area (Å²) in [5, 5.41) is 12.9. The Kier molecular flexibility index (Phi) is 5.15. The van der Waals surface area contributed by atoms with Crippen molar-refractivity contribution >= 4 is 22.8 Å². The molecular weight excluding hydrogens is 308 g/mol. The quantitative estimate of drug-likeness (QED) is 0.726. The van der Waals surface area contributed by atoms with Crippen molar-refractivity contribution < 1.29 is 19.4 Å². The average molecular weight is 330 g/mol. The number of aromatic amines is 1. The average Bonchev–Trinajstić information content (AvgIpc) is 3.22. The largest absolute Gasteiger partial charge is 0.480 e. The first-order valence-electron chi connectivity index (χ1n) is 8.32. The number of aliphatic carboxylic acids is 1. The number of H-pyrrole nitrogens is 1. The van der Waals surface area contributed by atoms with Gasteiger partial charge in [-0.25, -0.2) is 4.79 Å². The smallest absolute Gasteiger partial charge is 0.326 e. The van der Waals surface area contributed by atoms with Gasteiger partial charge in [0.15, 0.2) is 0 Å². The second kappa shape index (κ2) is 7.49. The van der Waals surface area contributed by atoms with Crippen molar-refractivity contribution in [2.75, 3.05) is 6.61 Å². The third-order valence-electron chi connectivity index (χ3n) is 4.48. The highest BCUT2D eigenvalue weighted by Gasteiger charge is 2.23. The van der Waals surface area contributed by atoms with E-state index in [9.17, 15) is 14.7 Å². The minimum absolute atomic E-state index is 0.0810. The Bertz CT molecular complexity index is 719. The molecule has 0 radical (unpaired) electrons. The first kappa shape index (κ1) is 16.5. The molecule has 1 aromatic heterocycles. The highest BCUT2D eigenvalue weighted by atomic mass is 16.5. The molecule has 6 nitrogen and oxygen atoms in total. The number of fused-ring (bicyclic) bond motifs is 1. The van der Waals surface area contributed by atoms with Crippen LogP contribution in [0.25, 0.3) is 10.9 Å². The molecule has 6 heteroatoms. The van der Waals surface area contributed by atoms with E-state index in [1.165, 1.54) is 0 Å². The molecule has 1 aliphatic carbocycles. The van der Waals surface area contributed by atoms with Gasteiger partial charge in [-0.2, -0.15) is 0 Å². The predicted octanol–water partition coefficient (Wildman–Crippen LogP) is 2.24. The first-order valence-corrected chi connectivity index (χ1v) is 8.32. The molecule has 2 aromatic rings. The van der Waals surface area contributed by atoms with Gasteiger partial charge in [-0.3, -0.25) is 4.79 Å². The fourth-order valence-corrected chi connectivity index (χ4v) is 3.21. The van der Waals surface area contributed by atoms with Gasteiger partial charge in [0.25, 0.3) is 0 Å². The lowest BCUT2D eigenvalue weighted by Gasteiger charge is -2.16. The molecular formula is C18H22N2O4. The van der Waals surface area contributed by atoms with Crippen molar-refractivity contribution in [3.63, 3.8) is 0 Å². The minimum atomic E-state index is -1.05. The van der Waals surface area contributed by atoms with Crippen LogP contribution in [0.15, 0.2) is 30.5 Å². The Morgan fingerprint density at radius 1 is 1.29 bits per heavy atom. The van der Waals surface area contributed by atoms with E-state index in [4.69, 9.17) is 4.74 Å². The van der Waals surface area contributed by atoms with Gasteiger partial charge in [0.05, 0.1) is 6.10 Å². The molecule has 1 heterocycles. The molecule has 0 spiro atoms. The van der Waals surface area contributed by atoms with Gasteiger partial charge in [-0.05, 0) is 24.5 Å². The van der Waals surface area contributed by atoms with E-state index in [1.807, 2.05) is 24.3 Å². The molecule has 1 fully saturated rings. The monoisotopic (exact) mass is 330 g/mol. The summed E-state index contributed by atoms with van der Waals surface area (Å²) in [6.45, 7) is -0.0810. The molecule has 0 bridgehead atoms. The van der Waals surface area contributed by atoms with Crippen molar-refractivity contribution in [3.05, 3.63) is 36.0 Å². The van der Waals surface area contributed by atoms with Crippen molar-refractivity contribution in [2.45, 2.75) is 44.2 Å². The predicted molar refractivity (Wildman–Crippen MR) is 89.8 cm³/mol. The van der Waals surface area contributed by atoms with E-state index in [0.717, 1.165) is 42.1 Å². The maximum atomic E-state index is 12.0. The van der Waals surface area contributed by atoms with Crippen LogP contribution in [0.1, 0.15) is 31.2 Å². The Morgan fingerprint density at radius 2 is 2.04 bits per heavy atom. The highest BCUT2D eigenvalue weighted by molar-refractivity contribution is 5.87. The van der Waals surface area contributed by atoms with Crippen LogP contribution >= 0.6 is 0 Å². The lowest BCUT2D eigenvalue weighted by atomic mass is 10.1. The first-order chi connectivity index (χ1) is 11.6. The van der Waals surface area contributed by atoms with E-state index >= 15 is 0 Å². The Labute approximate surface area is 140 Å². The SMILES string of the molecule is O=C(COC1CCCC1)NC(Cc1c[nH]c2ccccc12)C(=O)O. The molecule has 0 saturated heterocycles. The third kappa shape index (κ3) is 3.94. The standard InChI is InChI=1S/C18H22N2O4/c21-17(11-24-13-5-1-2-6-13)20-16(18(22)23)9-12-10-19-15-8-4-3-7-14(12)15/h3-4,7-8,10,13,16,19H,1-2,5-6,9,11H2,(H,20,21)(H,22,23). The van der Waals surface area contributed by atoms with E-state index in [0.29, 0.717) is 0 Å². The second-order valence-corrected chi connectivity index (χ2v) is 6.24. The molecule has 1 aromatic carbocycles. The van der Waals surface area contributed by atoms with Gasteiger partial charge >= 0.3 is 5.97 Å². The molecule has 128 valence electrons. The minimum Gasteiger partial charge on any atom is -0.480 e. The number of hydrogen-bond donors (Lipinski definition) is 3. The van der Waals surface area contributed by atoms with Crippen LogP contribution in [0.2, 0.25) is 0 Å². The number of ether oxygens (including phenoxy) is 1. The molecule has 1 amide bonds. The van der Waals surface area contributed by atoms with Gasteiger partial charge in [0, 0.05) is 23.5 Å². The second-order valence-electron chi connectivity index (χ2n) is 6.24. The number of carbonyl (C=O) groups is 2. The Hall–Kier alpha value is -2.34. The van der Waals surface area contributed by atoms with Crippen molar-refractivity contribution in [1.82, 2.24) is 10.3 Å². The number of benzene rings is 1. The molecule has 1 atom stereocenters. The van der Waals surface area contributed by atoms with Gasteiger partial charge in [0.1, 0.15) is 12.6 Å². The van der Waals surface area contributed by atoms with E-state index in [1.54, 1.807) is 6.20 Å². The van der Waals surface area contributed by atoms with Crippen LogP contribution < -0.4 is 5.32 Å². The van der Waals surface area contributed by atoms with E-state index in [-0.39, 0.29) is 25.0 Å². The summed E-state index contributed by atoms with van der Waals surface area (Å²) in [6, 6.07) is 6.72. The number of rotatable bonds is 7. The maximum absolute atomic E-state index is 12.0. The zero-order valence-corrected chi connectivity index (χ0v) is 13.5. The summed E-state index contributed by atoms with van der Waals surface area (Å²) in [5.74, 6) is -1.43. The fourth-order valence-electron chi connectivity index (χ4n) is 3.21. The van der Waals surface area contributed by atoms with Gasteiger partial charge in [0.2, 0.25) is 5.91 Å². The number of amides is 1. The van der Waals surface area contributed by atoms with Crippen LogP contribution in [0.3, 0.4) is 0 Å². The summed E-state index contributed by atoms with van der Waals surface area (Å²) >= 11 is 0. The fraction of sp³-hybridized carbons (Fsp3) is 0.444. The van der Waals surface area contributed by atoms with Crippen LogP contribution in [-0.4, -0.2) is 40.7 Å². The zero-order valence-electron chi connectivity index (χ0n) is 13.5. The Morgan fingerprint density at radius 3 is 2.79 bits per heavy atom. The van der Waals surface area contributed by atoms with Crippen LogP contribution in [0.4, 0.5) is 0 Å². The number of carboxylic acids is 1. The summed E-state index contributed by atoms with van der Waals surface area (Å²) in [4.78, 5) is 26.6. The number of para-hydroxylation sites is 1. The third-order valence-corrected chi connectivity index (χ3v) is 4.48. The van der Waals surface area contributed by atoms with Crippen molar-refractivity contribution in [1.29, 1.82) is 0 Å². The molecule has 3 N–H and O–H groups in total. The molecule has 1 aliphatic rings. The number of carbonyl (C=O) groups excluding carboxylic acids is 1. The van der Waals surface area contributed by atoms with Gasteiger partial charge in [-0.15, -0.1) is 0 Å². The van der Waals surface area contributed by atoms with Crippen molar-refractivity contribution in [3.8, 4) is 0 Å². The van der Waals surface area contributed by atoms with Crippen LogP contribution in [0, 0.1) is 0 Å². The lowest BCUT2D eigenvalue weighted by molar-refractivity contribution is -0.142. The lowest BCUT2D eigenvalue weighted by Crippen LogP contribution is -2.44. The number of aromatic nitrogens is 1. The normalized spacial score (nSPS) is 16.3. The summed E-state index contributed by atoms with van der Waals surface area (Å²) < 4.78 is 5.54. The molecule has 24 heavy (non-hydrogen) atoms. The maximum Gasteiger partial charge on any atom is 0.326 e. The molecule has 1 saturated carbocycles. The van der Waals surface area contributed by atoms with Crippen LogP contribution in [0.5, 0.6) is 0 Å². The van der Waals surface area contributed by atoms with Crippen molar-refractivity contribution in [2.24, 2.45) is 0 Å². The van der Waals surface area contributed by atoms with Gasteiger partial charge < -0.3 is 20.1 Å². The molecule has 3 rings (SSSR count). The number of carboxylic acid groups (broad SMARTS) is 1. The number of nitrogens with one attached hydrogen (secondary N) is 2. The topological polar surface area (TPSA) is 91.4 Å². The summed E-state index contributed by atoms with van der Waals surface area (Å²) in [5.41, 5.74) is 1.82. The van der Waals surface area contributed by atoms with E-state index in [2.05, 4.69) is 10.3 Å². The summed E-state index contributed by atoms with van der Waals surface area (Å²) in [7, 11) is 0. The zero-order chi connectivity index (χ0) is 16.9. The van der Waals surface area contributed by atoms with E-state index < -0.39 is 12.0 Å². The van der Waals surface area contributed by atoms with Crippen LogP contribution in [-0.2, 0) is 20.7 Å². The summed E-state index contributed by atoms with van der Waals surface area (Å²) in [6.07, 6.45) is 6.37.